The zero-order valence-electron chi connectivity index (χ0n) is 9.38. The van der Waals surface area contributed by atoms with Crippen LogP contribution in [-0.4, -0.2) is 20.1 Å². The first kappa shape index (κ1) is 10.9. The van der Waals surface area contributed by atoms with Crippen LogP contribution in [0, 0.1) is 0 Å². The van der Waals surface area contributed by atoms with Gasteiger partial charge in [-0.1, -0.05) is 26.0 Å². The normalized spacial score (nSPS) is 14.4. The van der Waals surface area contributed by atoms with Crippen molar-refractivity contribution in [3.8, 4) is 0 Å². The quantitative estimate of drug-likeness (QED) is 0.680. The van der Waals surface area contributed by atoms with Gasteiger partial charge in [0, 0.05) is 20.1 Å². The minimum atomic E-state index is 1.08. The molecule has 1 aliphatic heterocycles. The average Bonchev–Trinajstić information content (AvgIpc) is 2.45. The van der Waals surface area contributed by atoms with Gasteiger partial charge in [0.2, 0.25) is 0 Å². The summed E-state index contributed by atoms with van der Waals surface area (Å²) in [7, 11) is 2.14. The van der Waals surface area contributed by atoms with Gasteiger partial charge in [-0.3, -0.25) is 0 Å². The fourth-order valence-electron chi connectivity index (χ4n) is 1.62. The lowest BCUT2D eigenvalue weighted by atomic mass is 10.2. The summed E-state index contributed by atoms with van der Waals surface area (Å²) in [5, 5.41) is 3.41. The van der Waals surface area contributed by atoms with Crippen molar-refractivity contribution < 1.29 is 0 Å². The van der Waals surface area contributed by atoms with E-state index in [1.54, 1.807) is 0 Å². The Bertz CT molecular complexity index is 271. The summed E-state index contributed by atoms with van der Waals surface area (Å²) in [5.74, 6) is 0. The van der Waals surface area contributed by atoms with Crippen molar-refractivity contribution in [3.05, 3.63) is 24.3 Å². The standard InChI is InChI=1S/C10H14N2.C2H6/c1-12-8-4-7-11-9-5-2-3-6-10(9)12;1-2/h2-3,5-6,11H,4,7-8H2,1H3;1-2H3. The van der Waals surface area contributed by atoms with Crippen LogP contribution < -0.4 is 10.2 Å². The lowest BCUT2D eigenvalue weighted by Gasteiger charge is -2.17. The molecule has 0 bridgehead atoms. The summed E-state index contributed by atoms with van der Waals surface area (Å²) in [4.78, 5) is 2.30. The van der Waals surface area contributed by atoms with Crippen LogP contribution >= 0.6 is 0 Å². The molecule has 0 radical (unpaired) electrons. The highest BCUT2D eigenvalue weighted by molar-refractivity contribution is 5.70. The van der Waals surface area contributed by atoms with E-state index in [2.05, 4.69) is 41.5 Å². The zero-order valence-corrected chi connectivity index (χ0v) is 9.38. The molecule has 78 valence electrons. The molecule has 14 heavy (non-hydrogen) atoms. The highest BCUT2D eigenvalue weighted by atomic mass is 15.1. The SMILES string of the molecule is CC.CN1CCCNc2ccccc21. The third-order valence-corrected chi connectivity index (χ3v) is 2.30. The molecule has 0 aliphatic carbocycles. The van der Waals surface area contributed by atoms with Crippen LogP contribution in [0.25, 0.3) is 0 Å². The van der Waals surface area contributed by atoms with E-state index in [0.717, 1.165) is 13.1 Å². The lowest BCUT2D eigenvalue weighted by Crippen LogP contribution is -2.17. The largest absolute Gasteiger partial charge is 0.383 e. The van der Waals surface area contributed by atoms with Crippen molar-refractivity contribution in [2.45, 2.75) is 20.3 Å². The van der Waals surface area contributed by atoms with Crippen LogP contribution in [0.3, 0.4) is 0 Å². The van der Waals surface area contributed by atoms with E-state index in [1.165, 1.54) is 17.8 Å². The van der Waals surface area contributed by atoms with Gasteiger partial charge in [-0.25, -0.2) is 0 Å². The number of benzene rings is 1. The molecule has 1 aliphatic rings. The van der Waals surface area contributed by atoms with E-state index in [1.807, 2.05) is 13.8 Å². The summed E-state index contributed by atoms with van der Waals surface area (Å²) in [6.07, 6.45) is 1.21. The van der Waals surface area contributed by atoms with Crippen molar-refractivity contribution in [3.63, 3.8) is 0 Å². The number of hydrogen-bond donors (Lipinski definition) is 1. The molecular weight excluding hydrogens is 172 g/mol. The molecule has 0 aromatic heterocycles. The lowest BCUT2D eigenvalue weighted by molar-refractivity contribution is 0.837. The van der Waals surface area contributed by atoms with Crippen LogP contribution in [0.15, 0.2) is 24.3 Å². The number of nitrogens with zero attached hydrogens (tertiary/aromatic N) is 1. The number of rotatable bonds is 0. The minimum absolute atomic E-state index is 1.08. The van der Waals surface area contributed by atoms with Gasteiger partial charge in [-0.05, 0) is 18.6 Å². The second kappa shape index (κ2) is 5.53. The maximum Gasteiger partial charge on any atom is 0.0599 e. The Balaban J connectivity index is 0.000000461. The molecule has 0 spiro atoms. The Hall–Kier alpha value is -1.18. The Kier molecular flexibility index (Phi) is 4.30. The first-order valence-electron chi connectivity index (χ1n) is 5.42. The molecule has 2 heteroatoms. The predicted molar refractivity (Wildman–Crippen MR) is 64.2 cm³/mol. The Labute approximate surface area is 86.9 Å². The average molecular weight is 192 g/mol. The van der Waals surface area contributed by atoms with Crippen LogP contribution in [0.2, 0.25) is 0 Å². The third kappa shape index (κ3) is 2.41. The molecule has 2 nitrogen and oxygen atoms in total. The van der Waals surface area contributed by atoms with Crippen molar-refractivity contribution in [2.24, 2.45) is 0 Å². The van der Waals surface area contributed by atoms with Crippen molar-refractivity contribution >= 4 is 11.4 Å². The van der Waals surface area contributed by atoms with E-state index < -0.39 is 0 Å². The fourth-order valence-corrected chi connectivity index (χ4v) is 1.62. The van der Waals surface area contributed by atoms with Crippen LogP contribution in [0.4, 0.5) is 11.4 Å². The summed E-state index contributed by atoms with van der Waals surface area (Å²) >= 11 is 0. The van der Waals surface area contributed by atoms with Gasteiger partial charge in [0.15, 0.2) is 0 Å². The Morgan fingerprint density at radius 1 is 1.21 bits per heavy atom. The molecule has 1 N–H and O–H groups in total. The minimum Gasteiger partial charge on any atom is -0.383 e. The van der Waals surface area contributed by atoms with E-state index >= 15 is 0 Å². The molecule has 1 aromatic carbocycles. The number of nitrogens with one attached hydrogen (secondary N) is 1. The van der Waals surface area contributed by atoms with Crippen LogP contribution in [0.5, 0.6) is 0 Å². The molecular formula is C12H20N2. The molecule has 0 amide bonds. The topological polar surface area (TPSA) is 15.3 Å². The van der Waals surface area contributed by atoms with Crippen molar-refractivity contribution in [2.75, 3.05) is 30.4 Å². The second-order valence-electron chi connectivity index (χ2n) is 3.22. The number of hydrogen-bond acceptors (Lipinski definition) is 2. The van der Waals surface area contributed by atoms with Gasteiger partial charge in [0.25, 0.3) is 0 Å². The van der Waals surface area contributed by atoms with Crippen molar-refractivity contribution in [1.29, 1.82) is 0 Å². The van der Waals surface area contributed by atoms with Gasteiger partial charge in [0.05, 0.1) is 11.4 Å². The highest BCUT2D eigenvalue weighted by Gasteiger charge is 2.09. The second-order valence-corrected chi connectivity index (χ2v) is 3.22. The Morgan fingerprint density at radius 3 is 2.71 bits per heavy atom. The van der Waals surface area contributed by atoms with E-state index in [9.17, 15) is 0 Å². The van der Waals surface area contributed by atoms with Crippen molar-refractivity contribution in [1.82, 2.24) is 0 Å². The van der Waals surface area contributed by atoms with Gasteiger partial charge < -0.3 is 10.2 Å². The molecule has 1 aromatic rings. The van der Waals surface area contributed by atoms with E-state index in [4.69, 9.17) is 0 Å². The number of fused-ring (bicyclic) bond motifs is 1. The maximum atomic E-state index is 3.41. The van der Waals surface area contributed by atoms with E-state index in [0.29, 0.717) is 0 Å². The first-order chi connectivity index (χ1) is 6.88. The molecule has 0 fully saturated rings. The first-order valence-corrected chi connectivity index (χ1v) is 5.42. The fraction of sp³-hybridized carbons (Fsp3) is 0.500. The smallest absolute Gasteiger partial charge is 0.0599 e. The molecule has 0 unspecified atom stereocenters. The number of anilines is 2. The van der Waals surface area contributed by atoms with Crippen LogP contribution in [-0.2, 0) is 0 Å². The highest BCUT2D eigenvalue weighted by Crippen LogP contribution is 2.26. The summed E-state index contributed by atoms with van der Waals surface area (Å²) in [6, 6.07) is 8.46. The number of para-hydroxylation sites is 2. The molecule has 0 saturated carbocycles. The zero-order chi connectivity index (χ0) is 10.4. The van der Waals surface area contributed by atoms with Gasteiger partial charge in [-0.15, -0.1) is 0 Å². The molecule has 0 atom stereocenters. The third-order valence-electron chi connectivity index (χ3n) is 2.30. The summed E-state index contributed by atoms with van der Waals surface area (Å²) < 4.78 is 0. The van der Waals surface area contributed by atoms with Crippen LogP contribution in [0.1, 0.15) is 20.3 Å². The molecule has 1 heterocycles. The predicted octanol–water partition coefficient (Wildman–Crippen LogP) is 2.96. The molecule has 2 rings (SSSR count). The van der Waals surface area contributed by atoms with Gasteiger partial charge in [0.1, 0.15) is 0 Å². The van der Waals surface area contributed by atoms with Gasteiger partial charge >= 0.3 is 0 Å². The monoisotopic (exact) mass is 192 g/mol. The molecule has 0 saturated heterocycles. The maximum absolute atomic E-state index is 3.41. The summed E-state index contributed by atoms with van der Waals surface area (Å²) in [6.45, 7) is 6.23. The van der Waals surface area contributed by atoms with Gasteiger partial charge in [-0.2, -0.15) is 0 Å². The van der Waals surface area contributed by atoms with E-state index in [-0.39, 0.29) is 0 Å². The summed E-state index contributed by atoms with van der Waals surface area (Å²) in [5.41, 5.74) is 2.58. The Morgan fingerprint density at radius 2 is 1.93 bits per heavy atom.